The SMILES string of the molecule is CCOC(=O)c1cc2c(Cl)cncc2s1. The summed E-state index contributed by atoms with van der Waals surface area (Å²) in [6, 6.07) is 1.74. The van der Waals surface area contributed by atoms with Gasteiger partial charge >= 0.3 is 5.97 Å². The van der Waals surface area contributed by atoms with Gasteiger partial charge in [0.05, 0.1) is 16.3 Å². The maximum atomic E-state index is 11.5. The summed E-state index contributed by atoms with van der Waals surface area (Å²) in [5.74, 6) is -0.310. The molecule has 0 atom stereocenters. The van der Waals surface area contributed by atoms with Gasteiger partial charge in [0.25, 0.3) is 0 Å². The molecule has 78 valence electrons. The Bertz CT molecular complexity index is 509. The summed E-state index contributed by atoms with van der Waals surface area (Å²) in [6.07, 6.45) is 3.25. The highest BCUT2D eigenvalue weighted by Crippen LogP contribution is 2.30. The molecule has 0 saturated heterocycles. The van der Waals surface area contributed by atoms with Crippen LogP contribution in [0.25, 0.3) is 10.1 Å². The Morgan fingerprint density at radius 3 is 3.07 bits per heavy atom. The highest BCUT2D eigenvalue weighted by atomic mass is 35.5. The molecular weight excluding hydrogens is 234 g/mol. The Morgan fingerprint density at radius 2 is 2.40 bits per heavy atom. The van der Waals surface area contributed by atoms with Gasteiger partial charge in [-0.2, -0.15) is 0 Å². The van der Waals surface area contributed by atoms with Crippen LogP contribution in [0.3, 0.4) is 0 Å². The highest BCUT2D eigenvalue weighted by molar-refractivity contribution is 7.20. The lowest BCUT2D eigenvalue weighted by Crippen LogP contribution is -2.01. The molecule has 0 spiro atoms. The minimum Gasteiger partial charge on any atom is -0.462 e. The van der Waals surface area contributed by atoms with Crippen molar-refractivity contribution in [1.82, 2.24) is 4.98 Å². The van der Waals surface area contributed by atoms with E-state index in [-0.39, 0.29) is 5.97 Å². The third kappa shape index (κ3) is 1.96. The molecule has 5 heteroatoms. The smallest absolute Gasteiger partial charge is 0.348 e. The zero-order valence-electron chi connectivity index (χ0n) is 7.99. The van der Waals surface area contributed by atoms with Crippen LogP contribution in [-0.2, 0) is 4.74 Å². The fourth-order valence-corrected chi connectivity index (χ4v) is 2.45. The van der Waals surface area contributed by atoms with Gasteiger partial charge in [0, 0.05) is 17.8 Å². The molecular formula is C10H8ClNO2S. The predicted molar refractivity (Wildman–Crippen MR) is 60.6 cm³/mol. The van der Waals surface area contributed by atoms with Crippen molar-refractivity contribution in [2.24, 2.45) is 0 Å². The summed E-state index contributed by atoms with van der Waals surface area (Å²) < 4.78 is 5.80. The summed E-state index contributed by atoms with van der Waals surface area (Å²) in [6.45, 7) is 2.15. The number of carbonyl (C=O) groups is 1. The summed E-state index contributed by atoms with van der Waals surface area (Å²) in [7, 11) is 0. The Labute approximate surface area is 95.6 Å². The van der Waals surface area contributed by atoms with E-state index in [9.17, 15) is 4.79 Å². The maximum Gasteiger partial charge on any atom is 0.348 e. The number of esters is 1. The average molecular weight is 242 g/mol. The van der Waals surface area contributed by atoms with Gasteiger partial charge in [-0.1, -0.05) is 11.6 Å². The van der Waals surface area contributed by atoms with Gasteiger partial charge in [0.2, 0.25) is 0 Å². The van der Waals surface area contributed by atoms with Crippen molar-refractivity contribution >= 4 is 39.0 Å². The lowest BCUT2D eigenvalue weighted by atomic mass is 10.3. The molecule has 0 bridgehead atoms. The van der Waals surface area contributed by atoms with E-state index in [1.165, 1.54) is 11.3 Å². The van der Waals surface area contributed by atoms with Crippen LogP contribution in [0.1, 0.15) is 16.6 Å². The van der Waals surface area contributed by atoms with Crippen molar-refractivity contribution < 1.29 is 9.53 Å². The number of pyridine rings is 1. The normalized spacial score (nSPS) is 10.5. The van der Waals surface area contributed by atoms with Crippen LogP contribution in [0.5, 0.6) is 0 Å². The number of ether oxygens (including phenoxy) is 1. The second-order valence-electron chi connectivity index (χ2n) is 2.86. The molecule has 0 aliphatic carbocycles. The van der Waals surface area contributed by atoms with Crippen molar-refractivity contribution in [3.8, 4) is 0 Å². The van der Waals surface area contributed by atoms with Gasteiger partial charge in [0.1, 0.15) is 4.88 Å². The van der Waals surface area contributed by atoms with Crippen molar-refractivity contribution in [3.05, 3.63) is 28.4 Å². The Morgan fingerprint density at radius 1 is 1.60 bits per heavy atom. The number of aromatic nitrogens is 1. The first-order chi connectivity index (χ1) is 7.22. The van der Waals surface area contributed by atoms with Crippen LogP contribution in [0.15, 0.2) is 18.5 Å². The molecule has 2 aromatic heterocycles. The van der Waals surface area contributed by atoms with Crippen LogP contribution < -0.4 is 0 Å². The summed E-state index contributed by atoms with van der Waals surface area (Å²) in [4.78, 5) is 16.0. The summed E-state index contributed by atoms with van der Waals surface area (Å²) >= 11 is 7.28. The van der Waals surface area contributed by atoms with E-state index < -0.39 is 0 Å². The fraction of sp³-hybridized carbons (Fsp3) is 0.200. The number of halogens is 1. The Kier molecular flexibility index (Phi) is 2.88. The number of hydrogen-bond acceptors (Lipinski definition) is 4. The molecule has 0 aromatic carbocycles. The van der Waals surface area contributed by atoms with E-state index in [0.29, 0.717) is 16.5 Å². The van der Waals surface area contributed by atoms with E-state index in [0.717, 1.165) is 10.1 Å². The minimum absolute atomic E-state index is 0.310. The van der Waals surface area contributed by atoms with Crippen molar-refractivity contribution in [1.29, 1.82) is 0 Å². The van der Waals surface area contributed by atoms with Gasteiger partial charge in [-0.15, -0.1) is 11.3 Å². The lowest BCUT2D eigenvalue weighted by Gasteiger charge is -1.95. The predicted octanol–water partition coefficient (Wildman–Crippen LogP) is 3.13. The molecule has 0 aliphatic heterocycles. The molecule has 3 nitrogen and oxygen atoms in total. The van der Waals surface area contributed by atoms with E-state index in [2.05, 4.69) is 4.98 Å². The number of carbonyl (C=O) groups excluding carboxylic acids is 1. The third-order valence-corrected chi connectivity index (χ3v) is 3.23. The first kappa shape index (κ1) is 10.4. The molecule has 0 amide bonds. The van der Waals surface area contributed by atoms with Crippen molar-refractivity contribution in [3.63, 3.8) is 0 Å². The first-order valence-electron chi connectivity index (χ1n) is 4.42. The summed E-state index contributed by atoms with van der Waals surface area (Å²) in [5.41, 5.74) is 0. The molecule has 0 aliphatic rings. The molecule has 2 aromatic rings. The van der Waals surface area contributed by atoms with Gasteiger partial charge in [-0.05, 0) is 13.0 Å². The van der Waals surface area contributed by atoms with Gasteiger partial charge < -0.3 is 4.74 Å². The number of nitrogens with zero attached hydrogens (tertiary/aromatic N) is 1. The van der Waals surface area contributed by atoms with E-state index >= 15 is 0 Å². The van der Waals surface area contributed by atoms with E-state index in [1.807, 2.05) is 0 Å². The number of hydrogen-bond donors (Lipinski definition) is 0. The summed E-state index contributed by atoms with van der Waals surface area (Å²) in [5, 5.41) is 1.40. The van der Waals surface area contributed by atoms with Crippen LogP contribution in [0, 0.1) is 0 Å². The molecule has 0 N–H and O–H groups in total. The molecule has 2 heterocycles. The molecule has 2 rings (SSSR count). The van der Waals surface area contributed by atoms with E-state index in [1.54, 1.807) is 25.4 Å². The highest BCUT2D eigenvalue weighted by Gasteiger charge is 2.12. The standard InChI is InChI=1S/C10H8ClNO2S/c1-2-14-10(13)8-3-6-7(11)4-12-5-9(6)15-8/h3-5H,2H2,1H3. The maximum absolute atomic E-state index is 11.5. The molecule has 0 saturated carbocycles. The topological polar surface area (TPSA) is 39.2 Å². The van der Waals surface area contributed by atoms with Gasteiger partial charge in [-0.3, -0.25) is 4.98 Å². The van der Waals surface area contributed by atoms with Crippen LogP contribution in [-0.4, -0.2) is 17.6 Å². The number of rotatable bonds is 2. The largest absolute Gasteiger partial charge is 0.462 e. The monoisotopic (exact) mass is 241 g/mol. The Hall–Kier alpha value is -1.13. The van der Waals surface area contributed by atoms with Crippen LogP contribution in [0.4, 0.5) is 0 Å². The number of thiophene rings is 1. The molecule has 15 heavy (non-hydrogen) atoms. The third-order valence-electron chi connectivity index (χ3n) is 1.87. The number of fused-ring (bicyclic) bond motifs is 1. The Balaban J connectivity index is 2.47. The lowest BCUT2D eigenvalue weighted by molar-refractivity contribution is 0.0532. The average Bonchev–Trinajstić information content (AvgIpc) is 2.63. The van der Waals surface area contributed by atoms with Gasteiger partial charge in [-0.25, -0.2) is 4.79 Å². The molecule has 0 radical (unpaired) electrons. The first-order valence-corrected chi connectivity index (χ1v) is 5.62. The van der Waals surface area contributed by atoms with Gasteiger partial charge in [0.15, 0.2) is 0 Å². The van der Waals surface area contributed by atoms with E-state index in [4.69, 9.17) is 16.3 Å². The van der Waals surface area contributed by atoms with Crippen LogP contribution >= 0.6 is 22.9 Å². The van der Waals surface area contributed by atoms with Crippen molar-refractivity contribution in [2.75, 3.05) is 6.61 Å². The zero-order chi connectivity index (χ0) is 10.8. The zero-order valence-corrected chi connectivity index (χ0v) is 9.56. The van der Waals surface area contributed by atoms with Crippen LogP contribution in [0.2, 0.25) is 5.02 Å². The second kappa shape index (κ2) is 4.16. The molecule has 0 fully saturated rings. The second-order valence-corrected chi connectivity index (χ2v) is 4.36. The fourth-order valence-electron chi connectivity index (χ4n) is 1.23. The molecule has 0 unspecified atom stereocenters. The minimum atomic E-state index is -0.310. The quantitative estimate of drug-likeness (QED) is 0.759. The van der Waals surface area contributed by atoms with Crippen molar-refractivity contribution in [2.45, 2.75) is 6.92 Å².